The molecule has 0 aliphatic heterocycles. The molecule has 3 N–H and O–H groups in total. The van der Waals surface area contributed by atoms with Gasteiger partial charge in [0.15, 0.2) is 16.6 Å². The topological polar surface area (TPSA) is 162 Å². The summed E-state index contributed by atoms with van der Waals surface area (Å²) in [6.07, 6.45) is 1.43. The number of nitrogens with one attached hydrogen (secondary N) is 3. The lowest BCUT2D eigenvalue weighted by Gasteiger charge is -2.12. The Hall–Kier alpha value is -5.99. The van der Waals surface area contributed by atoms with Crippen LogP contribution in [0.2, 0.25) is 0 Å². The number of carbonyl (C=O) groups excluding carboxylic acids is 3. The summed E-state index contributed by atoms with van der Waals surface area (Å²) in [5.74, 6) is -0.0106. The molecule has 1 heterocycles. The largest absolute Gasteiger partial charge is 0.493 e. The summed E-state index contributed by atoms with van der Waals surface area (Å²) in [6.45, 7) is 0. The van der Waals surface area contributed by atoms with Crippen molar-refractivity contribution < 1.29 is 28.8 Å². The van der Waals surface area contributed by atoms with Gasteiger partial charge in [0.1, 0.15) is 5.70 Å². The van der Waals surface area contributed by atoms with Crippen LogP contribution in [-0.2, 0) is 9.59 Å². The zero-order valence-electron chi connectivity index (χ0n) is 26.2. The number of hydrogen-bond donors (Lipinski definition) is 3. The van der Waals surface area contributed by atoms with Gasteiger partial charge in [0.2, 0.25) is 5.91 Å². The van der Waals surface area contributed by atoms with Gasteiger partial charge in [0.25, 0.3) is 17.5 Å². The van der Waals surface area contributed by atoms with Crippen molar-refractivity contribution in [3.63, 3.8) is 0 Å². The van der Waals surface area contributed by atoms with E-state index in [1.807, 2.05) is 17.5 Å². The second-order valence-corrected chi connectivity index (χ2v) is 12.1. The quantitative estimate of drug-likeness (QED) is 0.0516. The molecule has 3 amide bonds. The number of amides is 3. The van der Waals surface area contributed by atoms with Crippen LogP contribution in [0.25, 0.3) is 17.3 Å². The molecule has 4 aromatic carbocycles. The molecule has 14 heteroatoms. The van der Waals surface area contributed by atoms with Gasteiger partial charge in [-0.3, -0.25) is 24.5 Å². The van der Waals surface area contributed by atoms with Gasteiger partial charge >= 0.3 is 0 Å². The monoisotopic (exact) mass is 695 g/mol. The molecule has 0 aliphatic rings. The van der Waals surface area contributed by atoms with Gasteiger partial charge in [-0.25, -0.2) is 4.98 Å². The maximum Gasteiger partial charge on any atom is 0.272 e. The molecule has 12 nitrogen and oxygen atoms in total. The number of thiazole rings is 1. The van der Waals surface area contributed by atoms with E-state index in [1.165, 1.54) is 53.4 Å². The van der Waals surface area contributed by atoms with Crippen LogP contribution in [-0.4, -0.2) is 47.6 Å². The van der Waals surface area contributed by atoms with Crippen molar-refractivity contribution in [1.29, 1.82) is 0 Å². The molecule has 0 aliphatic carbocycles. The summed E-state index contributed by atoms with van der Waals surface area (Å²) in [5.41, 5.74) is 2.63. The van der Waals surface area contributed by atoms with Gasteiger partial charge in [0, 0.05) is 39.2 Å². The van der Waals surface area contributed by atoms with Gasteiger partial charge in [-0.05, 0) is 78.4 Å². The number of nitrogens with zero attached hydrogens (tertiary/aromatic N) is 2. The number of nitro benzene ring substituents is 1. The van der Waals surface area contributed by atoms with E-state index >= 15 is 0 Å². The molecule has 0 bridgehead atoms. The third kappa shape index (κ3) is 9.31. The highest BCUT2D eigenvalue weighted by Crippen LogP contribution is 2.33. The van der Waals surface area contributed by atoms with E-state index in [0.717, 1.165) is 10.5 Å². The van der Waals surface area contributed by atoms with Crippen molar-refractivity contribution in [1.82, 2.24) is 10.3 Å². The normalized spacial score (nSPS) is 10.9. The first-order valence-electron chi connectivity index (χ1n) is 14.6. The Balaban J connectivity index is 1.19. The number of benzene rings is 4. The van der Waals surface area contributed by atoms with Gasteiger partial charge in [-0.2, -0.15) is 0 Å². The fraction of sp³-hybridized carbons (Fsp3) is 0.0857. The Bertz CT molecular complexity index is 2000. The van der Waals surface area contributed by atoms with Gasteiger partial charge in [-0.15, -0.1) is 23.1 Å². The van der Waals surface area contributed by atoms with Crippen LogP contribution in [0, 0.1) is 10.1 Å². The Morgan fingerprint density at radius 3 is 2.29 bits per heavy atom. The Morgan fingerprint density at radius 2 is 1.61 bits per heavy atom. The summed E-state index contributed by atoms with van der Waals surface area (Å²) >= 11 is 2.62. The van der Waals surface area contributed by atoms with Crippen LogP contribution < -0.4 is 25.4 Å². The van der Waals surface area contributed by atoms with Crippen LogP contribution in [0.5, 0.6) is 11.5 Å². The molecule has 0 spiro atoms. The number of carbonyl (C=O) groups is 3. The van der Waals surface area contributed by atoms with Crippen molar-refractivity contribution in [2.24, 2.45) is 0 Å². The summed E-state index contributed by atoms with van der Waals surface area (Å²) < 4.78 is 10.6. The minimum atomic E-state index is -0.599. The van der Waals surface area contributed by atoms with Crippen LogP contribution in [0.15, 0.2) is 113 Å². The van der Waals surface area contributed by atoms with E-state index in [0.29, 0.717) is 39.1 Å². The Labute approximate surface area is 289 Å². The average Bonchev–Trinajstić information content (AvgIpc) is 3.59. The van der Waals surface area contributed by atoms with E-state index in [2.05, 4.69) is 20.9 Å². The smallest absolute Gasteiger partial charge is 0.272 e. The van der Waals surface area contributed by atoms with E-state index < -0.39 is 16.7 Å². The standard InChI is InChI=1S/C35H29N5O7S2/c1-46-30-17-10-24(19-31(30)47-2)29-20-49-35(38-29)39-32(41)21-48-27-15-11-25(12-16-27)36-34(43)28(37-33(42)23-6-4-3-5-7-23)18-22-8-13-26(14-9-22)40(44)45/h3-20H,21H2,1-2H3,(H,36,43)(H,37,42)(H,38,39,41)/b28-18-. The number of aromatic nitrogens is 1. The lowest BCUT2D eigenvalue weighted by atomic mass is 10.1. The van der Waals surface area contributed by atoms with Crippen molar-refractivity contribution in [2.45, 2.75) is 4.90 Å². The lowest BCUT2D eigenvalue weighted by molar-refractivity contribution is -0.384. The second-order valence-electron chi connectivity index (χ2n) is 10.1. The van der Waals surface area contributed by atoms with E-state index in [-0.39, 0.29) is 23.0 Å². The summed E-state index contributed by atoms with van der Waals surface area (Å²) in [7, 11) is 3.13. The summed E-state index contributed by atoms with van der Waals surface area (Å²) in [4.78, 5) is 54.7. The first-order chi connectivity index (χ1) is 23.7. The number of thioether (sulfide) groups is 1. The van der Waals surface area contributed by atoms with E-state index in [1.54, 1.807) is 74.9 Å². The van der Waals surface area contributed by atoms with Gasteiger partial charge in [-0.1, -0.05) is 18.2 Å². The maximum atomic E-state index is 13.3. The molecule has 0 unspecified atom stereocenters. The highest BCUT2D eigenvalue weighted by molar-refractivity contribution is 8.00. The van der Waals surface area contributed by atoms with Crippen LogP contribution >= 0.6 is 23.1 Å². The minimum absolute atomic E-state index is 0.0608. The van der Waals surface area contributed by atoms with Crippen molar-refractivity contribution in [2.75, 3.05) is 30.6 Å². The first kappa shape index (κ1) is 34.3. The molecule has 0 fully saturated rings. The fourth-order valence-corrected chi connectivity index (χ4v) is 5.83. The van der Waals surface area contributed by atoms with Crippen molar-refractivity contribution >= 4 is 63.4 Å². The highest BCUT2D eigenvalue weighted by atomic mass is 32.2. The SMILES string of the molecule is COc1ccc(-c2csc(NC(=O)CSc3ccc(NC(=O)/C(=C/c4ccc([N+](=O)[O-])cc4)NC(=O)c4ccccc4)cc3)n2)cc1OC. The number of non-ortho nitro benzene ring substituents is 1. The Morgan fingerprint density at radius 1 is 0.898 bits per heavy atom. The maximum absolute atomic E-state index is 13.3. The molecule has 0 saturated carbocycles. The van der Waals surface area contributed by atoms with E-state index in [4.69, 9.17) is 9.47 Å². The molecular weight excluding hydrogens is 667 g/mol. The van der Waals surface area contributed by atoms with E-state index in [9.17, 15) is 24.5 Å². The van der Waals surface area contributed by atoms with Crippen LogP contribution in [0.3, 0.4) is 0 Å². The predicted molar refractivity (Wildman–Crippen MR) is 190 cm³/mol. The molecule has 248 valence electrons. The molecule has 0 saturated heterocycles. The molecule has 1 aromatic heterocycles. The molecular formula is C35H29N5O7S2. The van der Waals surface area contributed by atoms with Gasteiger partial charge in [0.05, 0.1) is 30.6 Å². The minimum Gasteiger partial charge on any atom is -0.493 e. The Kier molecular flexibility index (Phi) is 11.4. The molecule has 0 atom stereocenters. The van der Waals surface area contributed by atoms with Crippen molar-refractivity contribution in [3.8, 4) is 22.8 Å². The van der Waals surface area contributed by atoms with Crippen LogP contribution in [0.1, 0.15) is 15.9 Å². The third-order valence-electron chi connectivity index (χ3n) is 6.86. The molecule has 5 rings (SSSR count). The molecule has 5 aromatic rings. The van der Waals surface area contributed by atoms with Crippen molar-refractivity contribution in [3.05, 3.63) is 129 Å². The fourth-order valence-electron chi connectivity index (χ4n) is 4.40. The zero-order valence-corrected chi connectivity index (χ0v) is 27.8. The number of ether oxygens (including phenoxy) is 2. The summed E-state index contributed by atoms with van der Waals surface area (Å²) in [5, 5.41) is 21.6. The third-order valence-corrected chi connectivity index (χ3v) is 8.63. The predicted octanol–water partition coefficient (Wildman–Crippen LogP) is 6.88. The second kappa shape index (κ2) is 16.2. The summed E-state index contributed by atoms with van der Waals surface area (Å²) in [6, 6.07) is 26.3. The lowest BCUT2D eigenvalue weighted by Crippen LogP contribution is -2.30. The number of rotatable bonds is 13. The average molecular weight is 696 g/mol. The zero-order chi connectivity index (χ0) is 34.8. The number of nitro groups is 1. The number of anilines is 2. The number of methoxy groups -OCH3 is 2. The highest BCUT2D eigenvalue weighted by Gasteiger charge is 2.16. The van der Waals surface area contributed by atoms with Crippen LogP contribution in [0.4, 0.5) is 16.5 Å². The molecule has 49 heavy (non-hydrogen) atoms. The first-order valence-corrected chi connectivity index (χ1v) is 16.4. The number of hydrogen-bond acceptors (Lipinski definition) is 10. The van der Waals surface area contributed by atoms with Gasteiger partial charge < -0.3 is 25.4 Å². The molecule has 0 radical (unpaired) electrons.